The summed E-state index contributed by atoms with van der Waals surface area (Å²) in [7, 11) is 1.17. The molecule has 0 atom stereocenters. The number of hydrogen-bond acceptors (Lipinski definition) is 4. The Bertz CT molecular complexity index is 797. The maximum atomic E-state index is 12.8. The largest absolute Gasteiger partial charge is 0.464 e. The van der Waals surface area contributed by atoms with Gasteiger partial charge >= 0.3 is 12.1 Å². The van der Waals surface area contributed by atoms with Gasteiger partial charge in [0.15, 0.2) is 5.69 Å². The number of aromatic nitrogens is 1. The summed E-state index contributed by atoms with van der Waals surface area (Å²) in [6.45, 7) is 0. The monoisotopic (exact) mass is 395 g/mol. The van der Waals surface area contributed by atoms with Crippen LogP contribution in [0.15, 0.2) is 29.2 Å². The van der Waals surface area contributed by atoms with Crippen molar-refractivity contribution in [1.82, 2.24) is 4.98 Å². The molecule has 1 aromatic heterocycles. The van der Waals surface area contributed by atoms with E-state index in [1.165, 1.54) is 31.0 Å². The lowest BCUT2D eigenvalue weighted by Crippen LogP contribution is -2.07. The highest BCUT2D eigenvalue weighted by Gasteiger charge is 2.31. The number of rotatable bonds is 3. The van der Waals surface area contributed by atoms with E-state index >= 15 is 0 Å². The van der Waals surface area contributed by atoms with Crippen LogP contribution in [-0.2, 0) is 10.9 Å². The molecule has 0 unspecified atom stereocenters. The standard InChI is InChI=1S/C15H10Cl2F3NO2S/c1-23-14(22)13-10(17)6-11(24-2)12(21-13)8-4-3-7(5-9(8)16)15(18,19)20/h3-6H,1-2H3. The van der Waals surface area contributed by atoms with E-state index in [9.17, 15) is 18.0 Å². The van der Waals surface area contributed by atoms with E-state index in [0.29, 0.717) is 4.90 Å². The molecular weight excluding hydrogens is 386 g/mol. The van der Waals surface area contributed by atoms with E-state index in [0.717, 1.165) is 12.1 Å². The Hall–Kier alpha value is -1.44. The SMILES string of the molecule is COC(=O)c1nc(-c2ccc(C(F)(F)F)cc2Cl)c(SC)cc1Cl. The van der Waals surface area contributed by atoms with Crippen LogP contribution in [0.3, 0.4) is 0 Å². The average molecular weight is 396 g/mol. The Kier molecular flexibility index (Phi) is 5.67. The normalized spacial score (nSPS) is 11.5. The van der Waals surface area contributed by atoms with Gasteiger partial charge in [0.05, 0.1) is 28.4 Å². The van der Waals surface area contributed by atoms with Gasteiger partial charge in [-0.05, 0) is 24.5 Å². The molecule has 0 aliphatic carbocycles. The number of carbonyl (C=O) groups is 1. The highest BCUT2D eigenvalue weighted by Crippen LogP contribution is 2.39. The molecule has 128 valence electrons. The molecule has 0 amide bonds. The van der Waals surface area contributed by atoms with Crippen LogP contribution in [0.1, 0.15) is 16.1 Å². The highest BCUT2D eigenvalue weighted by molar-refractivity contribution is 7.98. The van der Waals surface area contributed by atoms with Crippen molar-refractivity contribution < 1.29 is 22.7 Å². The second-order valence-electron chi connectivity index (χ2n) is 4.55. The summed E-state index contributed by atoms with van der Waals surface area (Å²) in [5, 5.41) is -0.0521. The van der Waals surface area contributed by atoms with Crippen molar-refractivity contribution in [2.75, 3.05) is 13.4 Å². The summed E-state index contributed by atoms with van der Waals surface area (Å²) < 4.78 is 42.9. The molecule has 0 fully saturated rings. The van der Waals surface area contributed by atoms with Gasteiger partial charge in [-0.3, -0.25) is 0 Å². The molecule has 0 aliphatic rings. The van der Waals surface area contributed by atoms with Gasteiger partial charge in [-0.2, -0.15) is 13.2 Å². The number of nitrogens with zero attached hydrogens (tertiary/aromatic N) is 1. The van der Waals surface area contributed by atoms with Gasteiger partial charge in [0.1, 0.15) is 0 Å². The van der Waals surface area contributed by atoms with Crippen LogP contribution >= 0.6 is 35.0 Å². The Labute approximate surface area is 150 Å². The topological polar surface area (TPSA) is 39.2 Å². The molecule has 9 heteroatoms. The molecule has 1 heterocycles. The molecule has 0 N–H and O–H groups in total. The lowest BCUT2D eigenvalue weighted by Gasteiger charge is -2.13. The van der Waals surface area contributed by atoms with Gasteiger partial charge in [0.2, 0.25) is 0 Å². The Morgan fingerprint density at radius 1 is 1.21 bits per heavy atom. The number of carbonyl (C=O) groups excluding carboxylic acids is 1. The molecule has 0 saturated heterocycles. The summed E-state index contributed by atoms with van der Waals surface area (Å²) in [5.41, 5.74) is -0.492. The van der Waals surface area contributed by atoms with Crippen molar-refractivity contribution >= 4 is 40.9 Å². The molecular formula is C15H10Cl2F3NO2S. The first-order valence-electron chi connectivity index (χ1n) is 6.39. The highest BCUT2D eigenvalue weighted by atomic mass is 35.5. The molecule has 1 aromatic carbocycles. The average Bonchev–Trinajstić information content (AvgIpc) is 2.53. The van der Waals surface area contributed by atoms with E-state index in [1.54, 1.807) is 6.26 Å². The lowest BCUT2D eigenvalue weighted by atomic mass is 10.1. The van der Waals surface area contributed by atoms with E-state index in [-0.39, 0.29) is 27.0 Å². The number of alkyl halides is 3. The van der Waals surface area contributed by atoms with E-state index in [2.05, 4.69) is 9.72 Å². The van der Waals surface area contributed by atoms with Crippen molar-refractivity contribution in [3.63, 3.8) is 0 Å². The predicted molar refractivity (Wildman–Crippen MR) is 87.8 cm³/mol. The van der Waals surface area contributed by atoms with Crippen LogP contribution in [0, 0.1) is 0 Å². The van der Waals surface area contributed by atoms with E-state index in [1.807, 2.05) is 0 Å². The number of halogens is 5. The quantitative estimate of drug-likeness (QED) is 0.502. The van der Waals surface area contributed by atoms with Gasteiger partial charge in [-0.15, -0.1) is 11.8 Å². The maximum Gasteiger partial charge on any atom is 0.416 e. The number of esters is 1. The molecule has 0 aliphatic heterocycles. The third-order valence-corrected chi connectivity index (χ3v) is 4.44. The van der Waals surface area contributed by atoms with E-state index in [4.69, 9.17) is 23.2 Å². The van der Waals surface area contributed by atoms with Gasteiger partial charge < -0.3 is 4.74 Å². The minimum absolute atomic E-state index is 0.0815. The maximum absolute atomic E-state index is 12.8. The van der Waals surface area contributed by atoms with Crippen molar-refractivity contribution in [1.29, 1.82) is 0 Å². The van der Waals surface area contributed by atoms with Gasteiger partial charge in [-0.1, -0.05) is 29.3 Å². The Morgan fingerprint density at radius 2 is 1.88 bits per heavy atom. The number of hydrogen-bond donors (Lipinski definition) is 0. The van der Waals surface area contributed by atoms with Crippen LogP contribution < -0.4 is 0 Å². The van der Waals surface area contributed by atoms with Crippen molar-refractivity contribution in [3.8, 4) is 11.3 Å². The zero-order chi connectivity index (χ0) is 18.1. The second kappa shape index (κ2) is 7.21. The fourth-order valence-electron chi connectivity index (χ4n) is 1.94. The number of pyridine rings is 1. The first-order chi connectivity index (χ1) is 11.2. The molecule has 2 aromatic rings. The Morgan fingerprint density at radius 3 is 2.38 bits per heavy atom. The van der Waals surface area contributed by atoms with Crippen LogP contribution in [0.25, 0.3) is 11.3 Å². The smallest absolute Gasteiger partial charge is 0.416 e. The minimum Gasteiger partial charge on any atom is -0.464 e. The minimum atomic E-state index is -4.50. The summed E-state index contributed by atoms with van der Waals surface area (Å²) in [6.07, 6.45) is -2.76. The van der Waals surface area contributed by atoms with Crippen LogP contribution in [0.5, 0.6) is 0 Å². The van der Waals surface area contributed by atoms with Crippen LogP contribution in [-0.4, -0.2) is 24.3 Å². The van der Waals surface area contributed by atoms with Gasteiger partial charge in [-0.25, -0.2) is 9.78 Å². The first-order valence-corrected chi connectivity index (χ1v) is 8.37. The predicted octanol–water partition coefficient (Wildman–Crippen LogP) is 5.58. The second-order valence-corrected chi connectivity index (χ2v) is 6.22. The third-order valence-electron chi connectivity index (χ3n) is 3.09. The number of benzene rings is 1. The van der Waals surface area contributed by atoms with Gasteiger partial charge in [0, 0.05) is 10.5 Å². The molecule has 0 spiro atoms. The zero-order valence-electron chi connectivity index (χ0n) is 12.4. The zero-order valence-corrected chi connectivity index (χ0v) is 14.7. The number of methoxy groups -OCH3 is 1. The number of thioether (sulfide) groups is 1. The molecule has 3 nitrogen and oxygen atoms in total. The molecule has 2 rings (SSSR count). The summed E-state index contributed by atoms with van der Waals surface area (Å²) in [4.78, 5) is 16.4. The third kappa shape index (κ3) is 3.79. The molecule has 0 radical (unpaired) electrons. The molecule has 0 saturated carbocycles. The van der Waals surface area contributed by atoms with Crippen molar-refractivity contribution in [2.24, 2.45) is 0 Å². The fourth-order valence-corrected chi connectivity index (χ4v) is 3.09. The lowest BCUT2D eigenvalue weighted by molar-refractivity contribution is -0.137. The summed E-state index contributed by atoms with van der Waals surface area (Å²) in [6, 6.07) is 4.42. The van der Waals surface area contributed by atoms with Gasteiger partial charge in [0.25, 0.3) is 0 Å². The van der Waals surface area contributed by atoms with E-state index < -0.39 is 17.7 Å². The first kappa shape index (κ1) is 18.9. The Balaban J connectivity index is 2.65. The molecule has 0 bridgehead atoms. The van der Waals surface area contributed by atoms with Crippen LogP contribution in [0.2, 0.25) is 10.0 Å². The van der Waals surface area contributed by atoms with Crippen molar-refractivity contribution in [3.05, 3.63) is 45.6 Å². The fraction of sp³-hybridized carbons (Fsp3) is 0.200. The number of ether oxygens (including phenoxy) is 1. The summed E-state index contributed by atoms with van der Waals surface area (Å²) in [5.74, 6) is -0.753. The van der Waals surface area contributed by atoms with Crippen molar-refractivity contribution in [2.45, 2.75) is 11.1 Å². The van der Waals surface area contributed by atoms with Crippen LogP contribution in [0.4, 0.5) is 13.2 Å². The molecule has 24 heavy (non-hydrogen) atoms. The summed E-state index contributed by atoms with van der Waals surface area (Å²) >= 11 is 13.3.